The maximum Gasteiger partial charge on any atom is 0.122 e. The average Bonchev–Trinajstić information content (AvgIpc) is 2.93. The van der Waals surface area contributed by atoms with E-state index in [4.69, 9.17) is 16.3 Å². The summed E-state index contributed by atoms with van der Waals surface area (Å²) in [6.07, 6.45) is 0.980. The van der Waals surface area contributed by atoms with Crippen LogP contribution in [0.5, 0.6) is 5.75 Å². The van der Waals surface area contributed by atoms with Gasteiger partial charge >= 0.3 is 0 Å². The van der Waals surface area contributed by atoms with Crippen molar-refractivity contribution < 1.29 is 4.74 Å². The van der Waals surface area contributed by atoms with Crippen LogP contribution in [0.4, 0.5) is 0 Å². The molecule has 2 atom stereocenters. The van der Waals surface area contributed by atoms with E-state index in [0.717, 1.165) is 30.3 Å². The van der Waals surface area contributed by atoms with E-state index in [1.165, 1.54) is 11.1 Å². The monoisotopic (exact) mass is 301 g/mol. The number of fused-ring (bicyclic) bond motifs is 1. The second-order valence-corrected chi connectivity index (χ2v) is 5.89. The van der Waals surface area contributed by atoms with Gasteiger partial charge in [-0.15, -0.1) is 0 Å². The molecule has 0 bridgehead atoms. The number of rotatable bonds is 5. The molecule has 1 heterocycles. The van der Waals surface area contributed by atoms with Gasteiger partial charge in [0.15, 0.2) is 0 Å². The van der Waals surface area contributed by atoms with Crippen LogP contribution in [-0.2, 0) is 6.42 Å². The highest BCUT2D eigenvalue weighted by Gasteiger charge is 2.30. The second kappa shape index (κ2) is 6.50. The number of hydrogen-bond acceptors (Lipinski definition) is 2. The highest BCUT2D eigenvalue weighted by Crippen LogP contribution is 2.36. The molecule has 0 saturated heterocycles. The van der Waals surface area contributed by atoms with Crippen LogP contribution in [0.15, 0.2) is 48.5 Å². The number of hydrogen-bond donors (Lipinski definition) is 1. The van der Waals surface area contributed by atoms with Gasteiger partial charge in [0.05, 0.1) is 6.61 Å². The Morgan fingerprint density at radius 2 is 1.95 bits per heavy atom. The van der Waals surface area contributed by atoms with Gasteiger partial charge < -0.3 is 10.1 Å². The summed E-state index contributed by atoms with van der Waals surface area (Å²) in [4.78, 5) is 0. The summed E-state index contributed by atoms with van der Waals surface area (Å²) >= 11 is 5.97. The van der Waals surface area contributed by atoms with Crippen molar-refractivity contribution >= 4 is 11.6 Å². The average molecular weight is 302 g/mol. The zero-order valence-electron chi connectivity index (χ0n) is 12.2. The van der Waals surface area contributed by atoms with Crippen molar-refractivity contribution in [2.45, 2.75) is 25.3 Å². The SMILES string of the molecule is CCNC(Cc1ccc(Cl)cc1)C1COc2ccccc21. The standard InChI is InChI=1S/C18H20ClNO/c1-2-20-17(11-13-7-9-14(19)10-8-13)16-12-21-18-6-4-3-5-15(16)18/h3-10,16-17,20H,2,11-12H2,1H3. The van der Waals surface area contributed by atoms with Gasteiger partial charge in [0, 0.05) is 22.5 Å². The van der Waals surface area contributed by atoms with Crippen LogP contribution >= 0.6 is 11.6 Å². The third kappa shape index (κ3) is 3.22. The first kappa shape index (κ1) is 14.4. The van der Waals surface area contributed by atoms with Crippen LogP contribution in [0.2, 0.25) is 5.02 Å². The molecule has 1 aliphatic heterocycles. The Morgan fingerprint density at radius 3 is 2.71 bits per heavy atom. The van der Waals surface area contributed by atoms with Crippen molar-refractivity contribution in [3.05, 3.63) is 64.7 Å². The van der Waals surface area contributed by atoms with Crippen molar-refractivity contribution in [2.75, 3.05) is 13.2 Å². The first-order chi connectivity index (χ1) is 10.3. The highest BCUT2D eigenvalue weighted by atomic mass is 35.5. The van der Waals surface area contributed by atoms with E-state index in [1.54, 1.807) is 0 Å². The van der Waals surface area contributed by atoms with Crippen LogP contribution < -0.4 is 10.1 Å². The van der Waals surface area contributed by atoms with Gasteiger partial charge in [-0.1, -0.05) is 48.9 Å². The molecule has 0 spiro atoms. The van der Waals surface area contributed by atoms with Gasteiger partial charge in [-0.3, -0.25) is 0 Å². The van der Waals surface area contributed by atoms with E-state index in [-0.39, 0.29) is 0 Å². The number of nitrogens with one attached hydrogen (secondary N) is 1. The molecule has 2 unspecified atom stereocenters. The quantitative estimate of drug-likeness (QED) is 0.900. The van der Waals surface area contributed by atoms with Gasteiger partial charge in [-0.2, -0.15) is 0 Å². The van der Waals surface area contributed by atoms with Crippen LogP contribution in [0.25, 0.3) is 0 Å². The van der Waals surface area contributed by atoms with E-state index in [2.05, 4.69) is 42.6 Å². The predicted molar refractivity (Wildman–Crippen MR) is 87.3 cm³/mol. The third-order valence-corrected chi connectivity index (χ3v) is 4.31. The summed E-state index contributed by atoms with van der Waals surface area (Å²) in [5.74, 6) is 1.43. The molecule has 1 aliphatic rings. The minimum atomic E-state index is 0.375. The van der Waals surface area contributed by atoms with Crippen LogP contribution in [0.3, 0.4) is 0 Å². The van der Waals surface area contributed by atoms with Crippen molar-refractivity contribution in [1.29, 1.82) is 0 Å². The fourth-order valence-corrected chi connectivity index (χ4v) is 3.14. The number of benzene rings is 2. The molecule has 0 saturated carbocycles. The molecular formula is C18H20ClNO. The zero-order valence-corrected chi connectivity index (χ0v) is 12.9. The molecule has 0 aromatic heterocycles. The Bertz CT molecular complexity index is 596. The lowest BCUT2D eigenvalue weighted by Crippen LogP contribution is -2.37. The Labute approximate surface area is 131 Å². The van der Waals surface area contributed by atoms with Crippen molar-refractivity contribution in [3.8, 4) is 5.75 Å². The normalized spacial score (nSPS) is 18.1. The highest BCUT2D eigenvalue weighted by molar-refractivity contribution is 6.30. The summed E-state index contributed by atoms with van der Waals surface area (Å²) in [5, 5.41) is 4.40. The molecule has 0 amide bonds. The molecule has 21 heavy (non-hydrogen) atoms. The van der Waals surface area contributed by atoms with E-state index >= 15 is 0 Å². The van der Waals surface area contributed by atoms with Gasteiger partial charge in [0.25, 0.3) is 0 Å². The Hall–Kier alpha value is -1.51. The van der Waals surface area contributed by atoms with Crippen molar-refractivity contribution in [3.63, 3.8) is 0 Å². The number of halogens is 1. The third-order valence-electron chi connectivity index (χ3n) is 4.06. The van der Waals surface area contributed by atoms with Crippen LogP contribution in [0.1, 0.15) is 24.0 Å². The van der Waals surface area contributed by atoms with E-state index < -0.39 is 0 Å². The Kier molecular flexibility index (Phi) is 4.47. The van der Waals surface area contributed by atoms with Crippen LogP contribution in [0, 0.1) is 0 Å². The zero-order chi connectivity index (χ0) is 14.7. The molecular weight excluding hydrogens is 282 g/mol. The molecule has 3 rings (SSSR count). The lowest BCUT2D eigenvalue weighted by atomic mass is 9.89. The summed E-state index contributed by atoms with van der Waals surface area (Å²) in [5.41, 5.74) is 2.62. The summed E-state index contributed by atoms with van der Waals surface area (Å²) < 4.78 is 5.83. The van der Waals surface area contributed by atoms with Gasteiger partial charge in [0.2, 0.25) is 0 Å². The number of likely N-dealkylation sites (N-methyl/N-ethyl adjacent to an activating group) is 1. The first-order valence-electron chi connectivity index (χ1n) is 7.47. The lowest BCUT2D eigenvalue weighted by molar-refractivity contribution is 0.298. The van der Waals surface area contributed by atoms with Gasteiger partial charge in [0.1, 0.15) is 5.75 Å². The van der Waals surface area contributed by atoms with E-state index in [1.807, 2.05) is 18.2 Å². The largest absolute Gasteiger partial charge is 0.493 e. The maximum absolute atomic E-state index is 5.97. The summed E-state index contributed by atoms with van der Waals surface area (Å²) in [7, 11) is 0. The second-order valence-electron chi connectivity index (χ2n) is 5.45. The predicted octanol–water partition coefficient (Wildman–Crippen LogP) is 4.04. The number of para-hydroxylation sites is 1. The molecule has 2 aromatic carbocycles. The smallest absolute Gasteiger partial charge is 0.122 e. The molecule has 3 heteroatoms. The molecule has 2 nitrogen and oxygen atoms in total. The Morgan fingerprint density at radius 1 is 1.19 bits per heavy atom. The maximum atomic E-state index is 5.97. The van der Waals surface area contributed by atoms with Crippen molar-refractivity contribution in [1.82, 2.24) is 5.32 Å². The fraction of sp³-hybridized carbons (Fsp3) is 0.333. The minimum Gasteiger partial charge on any atom is -0.493 e. The van der Waals surface area contributed by atoms with Gasteiger partial charge in [-0.25, -0.2) is 0 Å². The van der Waals surface area contributed by atoms with Crippen LogP contribution in [-0.4, -0.2) is 19.2 Å². The molecule has 0 fully saturated rings. The fourth-order valence-electron chi connectivity index (χ4n) is 3.01. The summed E-state index contributed by atoms with van der Waals surface area (Å²) in [6.45, 7) is 3.86. The topological polar surface area (TPSA) is 21.3 Å². The molecule has 0 radical (unpaired) electrons. The molecule has 110 valence electrons. The Balaban J connectivity index is 1.80. The summed E-state index contributed by atoms with van der Waals surface area (Å²) in [6, 6.07) is 16.9. The number of ether oxygens (including phenoxy) is 1. The van der Waals surface area contributed by atoms with Gasteiger partial charge in [-0.05, 0) is 36.7 Å². The minimum absolute atomic E-state index is 0.375. The molecule has 2 aromatic rings. The molecule has 0 aliphatic carbocycles. The molecule has 1 N–H and O–H groups in total. The van der Waals surface area contributed by atoms with Crippen molar-refractivity contribution in [2.24, 2.45) is 0 Å². The lowest BCUT2D eigenvalue weighted by Gasteiger charge is -2.24. The van der Waals surface area contributed by atoms with E-state index in [0.29, 0.717) is 12.0 Å². The van der Waals surface area contributed by atoms with E-state index in [9.17, 15) is 0 Å². The first-order valence-corrected chi connectivity index (χ1v) is 7.85.